The molecule has 30 heavy (non-hydrogen) atoms. The molecule has 0 spiro atoms. The van der Waals surface area contributed by atoms with Crippen LogP contribution in [0.25, 0.3) is 11.4 Å². The van der Waals surface area contributed by atoms with E-state index in [1.54, 1.807) is 0 Å². The highest BCUT2D eigenvalue weighted by molar-refractivity contribution is 5.64. The van der Waals surface area contributed by atoms with Crippen LogP contribution >= 0.6 is 0 Å². The Hall–Kier alpha value is -2.41. The molecule has 0 bridgehead atoms. The second-order valence-electron chi connectivity index (χ2n) is 7.86. The maximum Gasteiger partial charge on any atom is 0.404 e. The summed E-state index contributed by atoms with van der Waals surface area (Å²) in [6, 6.07) is 7.91. The van der Waals surface area contributed by atoms with Crippen molar-refractivity contribution in [2.45, 2.75) is 83.6 Å². The number of carboxylic acid groups (broad SMARTS) is 1. The van der Waals surface area contributed by atoms with Gasteiger partial charge in [0.1, 0.15) is 0 Å². The van der Waals surface area contributed by atoms with E-state index in [0.717, 1.165) is 12.0 Å². The average Bonchev–Trinajstić information content (AvgIpc) is 3.24. The normalized spacial score (nSPS) is 12.1. The van der Waals surface area contributed by atoms with Crippen LogP contribution in [0, 0.1) is 0 Å². The summed E-state index contributed by atoms with van der Waals surface area (Å²) in [5, 5.41) is 14.9. The van der Waals surface area contributed by atoms with E-state index in [2.05, 4.69) is 34.5 Å². The van der Waals surface area contributed by atoms with Gasteiger partial charge < -0.3 is 20.7 Å². The minimum absolute atomic E-state index is 0.352. The van der Waals surface area contributed by atoms with Gasteiger partial charge >= 0.3 is 6.09 Å². The van der Waals surface area contributed by atoms with Crippen molar-refractivity contribution in [3.8, 4) is 11.4 Å². The summed E-state index contributed by atoms with van der Waals surface area (Å²) in [6.45, 7) is 2.60. The van der Waals surface area contributed by atoms with E-state index in [9.17, 15) is 4.79 Å². The molecule has 0 radical (unpaired) electrons. The number of nitrogens with two attached hydrogens (primary N) is 1. The van der Waals surface area contributed by atoms with Gasteiger partial charge in [-0.25, -0.2) is 4.79 Å². The second-order valence-corrected chi connectivity index (χ2v) is 7.86. The molecule has 1 heterocycles. The fourth-order valence-corrected chi connectivity index (χ4v) is 3.43. The Kier molecular flexibility index (Phi) is 10.9. The van der Waals surface area contributed by atoms with Crippen LogP contribution in [-0.4, -0.2) is 27.9 Å². The van der Waals surface area contributed by atoms with Gasteiger partial charge in [0.05, 0.1) is 6.04 Å². The van der Waals surface area contributed by atoms with Gasteiger partial charge in [0.25, 0.3) is 0 Å². The van der Waals surface area contributed by atoms with Crippen LogP contribution in [0.15, 0.2) is 28.8 Å². The van der Waals surface area contributed by atoms with Gasteiger partial charge in [0.15, 0.2) is 0 Å². The molecule has 1 aromatic carbocycles. The van der Waals surface area contributed by atoms with Crippen LogP contribution in [0.1, 0.15) is 88.6 Å². The summed E-state index contributed by atoms with van der Waals surface area (Å²) in [4.78, 5) is 14.8. The third-order valence-corrected chi connectivity index (χ3v) is 5.26. The Labute approximate surface area is 179 Å². The molecule has 7 nitrogen and oxygen atoms in total. The van der Waals surface area contributed by atoms with Crippen LogP contribution in [0.2, 0.25) is 0 Å². The largest absolute Gasteiger partial charge is 0.465 e. The number of nitrogens with one attached hydrogen (secondary N) is 1. The van der Waals surface area contributed by atoms with E-state index in [4.69, 9.17) is 15.4 Å². The Morgan fingerprint density at radius 3 is 2.40 bits per heavy atom. The number of benzene rings is 1. The Morgan fingerprint density at radius 1 is 1.07 bits per heavy atom. The molecule has 166 valence electrons. The highest BCUT2D eigenvalue weighted by Crippen LogP contribution is 2.21. The number of rotatable bonds is 15. The summed E-state index contributed by atoms with van der Waals surface area (Å²) in [5.74, 6) is 0.908. The molecule has 0 unspecified atom stereocenters. The molecule has 4 N–H and O–H groups in total. The molecule has 0 aliphatic heterocycles. The summed E-state index contributed by atoms with van der Waals surface area (Å²) >= 11 is 0. The Balaban J connectivity index is 1.71. The molecular weight excluding hydrogens is 380 g/mol. The highest BCUT2D eigenvalue weighted by atomic mass is 16.5. The number of hydrogen-bond acceptors (Lipinski definition) is 5. The summed E-state index contributed by atoms with van der Waals surface area (Å²) in [6.07, 6.45) is 11.9. The lowest BCUT2D eigenvalue weighted by atomic mass is 10.0. The van der Waals surface area contributed by atoms with Gasteiger partial charge in [-0.15, -0.1) is 0 Å². The van der Waals surface area contributed by atoms with Gasteiger partial charge in [-0.05, 0) is 31.2 Å². The first-order valence-electron chi connectivity index (χ1n) is 11.3. The van der Waals surface area contributed by atoms with E-state index in [0.29, 0.717) is 31.1 Å². The molecule has 2 rings (SSSR count). The van der Waals surface area contributed by atoms with Crippen LogP contribution in [0.4, 0.5) is 4.79 Å². The lowest BCUT2D eigenvalue weighted by molar-refractivity contribution is 0.194. The minimum Gasteiger partial charge on any atom is -0.465 e. The number of aryl methyl sites for hydroxylation is 1. The second kappa shape index (κ2) is 13.7. The molecule has 1 atom stereocenters. The SMILES string of the molecule is CCCCCCCCCCc1ccc(-c2noc([C@@H](N)CCCNC(=O)O)n2)cc1. The van der Waals surface area contributed by atoms with E-state index in [1.165, 1.54) is 56.9 Å². The third-order valence-electron chi connectivity index (χ3n) is 5.26. The third kappa shape index (κ3) is 8.95. The fraction of sp³-hybridized carbons (Fsp3) is 0.609. The van der Waals surface area contributed by atoms with Crippen molar-refractivity contribution < 1.29 is 14.4 Å². The minimum atomic E-state index is -1.03. The molecule has 2 aromatic rings. The van der Waals surface area contributed by atoms with Crippen molar-refractivity contribution in [1.82, 2.24) is 15.5 Å². The number of nitrogens with zero attached hydrogens (tertiary/aromatic N) is 2. The van der Waals surface area contributed by atoms with Crippen molar-refractivity contribution in [2.75, 3.05) is 6.54 Å². The Bertz CT molecular complexity index is 730. The quantitative estimate of drug-likeness (QED) is 0.332. The Morgan fingerprint density at radius 2 is 1.73 bits per heavy atom. The number of aromatic nitrogens is 2. The summed E-state index contributed by atoms with van der Waals surface area (Å²) in [7, 11) is 0. The predicted octanol–water partition coefficient (Wildman–Crippen LogP) is 5.47. The smallest absolute Gasteiger partial charge is 0.404 e. The van der Waals surface area contributed by atoms with Crippen LogP contribution in [-0.2, 0) is 6.42 Å². The first kappa shape index (κ1) is 23.9. The first-order chi connectivity index (χ1) is 14.6. The van der Waals surface area contributed by atoms with Crippen molar-refractivity contribution in [2.24, 2.45) is 5.73 Å². The lowest BCUT2D eigenvalue weighted by Crippen LogP contribution is -2.23. The molecule has 0 saturated heterocycles. The molecule has 1 amide bonds. The molecule has 0 aliphatic rings. The standard InChI is InChI=1S/C23H36N4O3/c1-2-3-4-5-6-7-8-9-11-18-13-15-19(16-14-18)21-26-22(30-27-21)20(24)12-10-17-25-23(28)29/h13-16,20,25H,2-12,17,24H2,1H3,(H,28,29)/t20-/m0/s1. The summed E-state index contributed by atoms with van der Waals surface area (Å²) in [5.41, 5.74) is 8.31. The van der Waals surface area contributed by atoms with Gasteiger partial charge in [-0.3, -0.25) is 0 Å². The van der Waals surface area contributed by atoms with Gasteiger partial charge in [-0.1, -0.05) is 81.3 Å². The summed E-state index contributed by atoms with van der Waals surface area (Å²) < 4.78 is 5.29. The van der Waals surface area contributed by atoms with E-state index >= 15 is 0 Å². The average molecular weight is 417 g/mol. The predicted molar refractivity (Wildman–Crippen MR) is 118 cm³/mol. The van der Waals surface area contributed by atoms with Gasteiger partial charge in [0, 0.05) is 12.1 Å². The molecule has 0 aliphatic carbocycles. The van der Waals surface area contributed by atoms with Crippen LogP contribution in [0.5, 0.6) is 0 Å². The van der Waals surface area contributed by atoms with Crippen molar-refractivity contribution >= 4 is 6.09 Å². The molecule has 7 heteroatoms. The highest BCUT2D eigenvalue weighted by Gasteiger charge is 2.15. The van der Waals surface area contributed by atoms with Crippen LogP contribution < -0.4 is 11.1 Å². The van der Waals surface area contributed by atoms with Gasteiger partial charge in [-0.2, -0.15) is 4.98 Å². The number of hydrogen-bond donors (Lipinski definition) is 3. The van der Waals surface area contributed by atoms with E-state index < -0.39 is 12.1 Å². The lowest BCUT2D eigenvalue weighted by Gasteiger charge is -2.06. The van der Waals surface area contributed by atoms with Crippen molar-refractivity contribution in [3.05, 3.63) is 35.7 Å². The molecule has 1 aromatic heterocycles. The number of unbranched alkanes of at least 4 members (excludes halogenated alkanes) is 7. The van der Waals surface area contributed by atoms with E-state index in [1.807, 2.05) is 12.1 Å². The number of amides is 1. The first-order valence-corrected chi connectivity index (χ1v) is 11.3. The van der Waals surface area contributed by atoms with E-state index in [-0.39, 0.29) is 0 Å². The van der Waals surface area contributed by atoms with Crippen molar-refractivity contribution in [1.29, 1.82) is 0 Å². The van der Waals surface area contributed by atoms with Crippen LogP contribution in [0.3, 0.4) is 0 Å². The number of carbonyl (C=O) groups is 1. The maximum atomic E-state index is 10.4. The molecule has 0 saturated carbocycles. The monoisotopic (exact) mass is 416 g/mol. The maximum absolute atomic E-state index is 10.4. The zero-order valence-electron chi connectivity index (χ0n) is 18.1. The molecular formula is C23H36N4O3. The topological polar surface area (TPSA) is 114 Å². The zero-order chi connectivity index (χ0) is 21.6. The van der Waals surface area contributed by atoms with Crippen molar-refractivity contribution in [3.63, 3.8) is 0 Å². The zero-order valence-corrected chi connectivity index (χ0v) is 18.1. The fourth-order valence-electron chi connectivity index (χ4n) is 3.43. The van der Waals surface area contributed by atoms with Gasteiger partial charge in [0.2, 0.25) is 11.7 Å². The molecule has 0 fully saturated rings.